The number of carbonyl (C=O) groups excluding carboxylic acids is 1. The van der Waals surface area contributed by atoms with Gasteiger partial charge in [-0.05, 0) is 37.1 Å². The van der Waals surface area contributed by atoms with Crippen molar-refractivity contribution in [1.29, 1.82) is 0 Å². The van der Waals surface area contributed by atoms with Crippen molar-refractivity contribution in [2.45, 2.75) is 18.8 Å². The maximum Gasteiger partial charge on any atom is 0.253 e. The van der Waals surface area contributed by atoms with Crippen LogP contribution in [-0.4, -0.2) is 33.9 Å². The fourth-order valence-corrected chi connectivity index (χ4v) is 3.84. The van der Waals surface area contributed by atoms with Gasteiger partial charge in [0.1, 0.15) is 0 Å². The molecule has 1 aliphatic rings. The fraction of sp³-hybridized carbons (Fsp3) is 0.227. The number of piperidine rings is 1. The molecule has 1 fully saturated rings. The van der Waals surface area contributed by atoms with Gasteiger partial charge in [-0.25, -0.2) is 0 Å². The molecule has 0 saturated carbocycles. The van der Waals surface area contributed by atoms with Crippen molar-refractivity contribution in [3.63, 3.8) is 0 Å². The SMILES string of the molecule is O=C(c1ccccc1)N1CCCC(c2nccnc2-c2cccc(Cl)c2)C1. The second kappa shape index (κ2) is 7.89. The van der Waals surface area contributed by atoms with Gasteiger partial charge in [-0.1, -0.05) is 41.9 Å². The highest BCUT2D eigenvalue weighted by molar-refractivity contribution is 6.30. The number of hydrogen-bond acceptors (Lipinski definition) is 3. The molecule has 0 aliphatic carbocycles. The molecule has 2 heterocycles. The first-order chi connectivity index (χ1) is 13.2. The van der Waals surface area contributed by atoms with Crippen LogP contribution in [0.2, 0.25) is 5.02 Å². The van der Waals surface area contributed by atoms with Crippen LogP contribution in [-0.2, 0) is 0 Å². The topological polar surface area (TPSA) is 46.1 Å². The van der Waals surface area contributed by atoms with E-state index in [0.29, 0.717) is 11.6 Å². The van der Waals surface area contributed by atoms with Crippen molar-refractivity contribution >= 4 is 17.5 Å². The van der Waals surface area contributed by atoms with Crippen LogP contribution >= 0.6 is 11.6 Å². The summed E-state index contributed by atoms with van der Waals surface area (Å²) in [5.41, 5.74) is 3.47. The zero-order valence-electron chi connectivity index (χ0n) is 14.9. The highest BCUT2D eigenvalue weighted by Gasteiger charge is 2.28. The fourth-order valence-electron chi connectivity index (χ4n) is 3.65. The number of benzene rings is 2. The lowest BCUT2D eigenvalue weighted by molar-refractivity contribution is 0.0706. The summed E-state index contributed by atoms with van der Waals surface area (Å²) in [4.78, 5) is 24.0. The Balaban J connectivity index is 1.62. The van der Waals surface area contributed by atoms with Crippen LogP contribution in [0.15, 0.2) is 67.0 Å². The summed E-state index contributed by atoms with van der Waals surface area (Å²) in [5.74, 6) is 0.239. The average Bonchev–Trinajstić information content (AvgIpc) is 2.74. The van der Waals surface area contributed by atoms with Gasteiger partial charge in [-0.2, -0.15) is 0 Å². The monoisotopic (exact) mass is 377 g/mol. The van der Waals surface area contributed by atoms with Crippen LogP contribution in [0, 0.1) is 0 Å². The van der Waals surface area contributed by atoms with E-state index in [1.54, 1.807) is 12.4 Å². The molecule has 1 atom stereocenters. The van der Waals surface area contributed by atoms with E-state index in [1.165, 1.54) is 0 Å². The third-order valence-electron chi connectivity index (χ3n) is 4.94. The van der Waals surface area contributed by atoms with E-state index in [1.807, 2.05) is 59.5 Å². The molecule has 0 radical (unpaired) electrons. The molecular formula is C22H20ClN3O. The molecule has 1 amide bonds. The van der Waals surface area contributed by atoms with Crippen LogP contribution in [0.4, 0.5) is 0 Å². The molecule has 0 N–H and O–H groups in total. The summed E-state index contributed by atoms with van der Waals surface area (Å²) in [5, 5.41) is 0.675. The first kappa shape index (κ1) is 17.7. The van der Waals surface area contributed by atoms with Gasteiger partial charge in [0.05, 0.1) is 11.4 Å². The third kappa shape index (κ3) is 3.86. The highest BCUT2D eigenvalue weighted by Crippen LogP contribution is 2.33. The molecule has 4 nitrogen and oxygen atoms in total. The molecule has 3 aromatic rings. The standard InChI is InChI=1S/C22H20ClN3O/c23-19-10-4-8-17(14-19)20-21(25-12-11-24-20)18-9-5-13-26(15-18)22(27)16-6-2-1-3-7-16/h1-4,6-8,10-12,14,18H,5,9,13,15H2. The third-order valence-corrected chi connectivity index (χ3v) is 5.18. The first-order valence-corrected chi connectivity index (χ1v) is 9.51. The number of carbonyl (C=O) groups is 1. The Hall–Kier alpha value is -2.72. The van der Waals surface area contributed by atoms with Crippen LogP contribution in [0.3, 0.4) is 0 Å². The molecule has 136 valence electrons. The van der Waals surface area contributed by atoms with E-state index in [4.69, 9.17) is 11.6 Å². The first-order valence-electron chi connectivity index (χ1n) is 9.13. The Kier molecular flexibility index (Phi) is 5.16. The highest BCUT2D eigenvalue weighted by atomic mass is 35.5. The van der Waals surface area contributed by atoms with E-state index >= 15 is 0 Å². The van der Waals surface area contributed by atoms with Gasteiger partial charge in [0.2, 0.25) is 0 Å². The number of aromatic nitrogens is 2. The van der Waals surface area contributed by atoms with Gasteiger partial charge in [0, 0.05) is 47.6 Å². The van der Waals surface area contributed by atoms with Gasteiger partial charge in [-0.15, -0.1) is 0 Å². The molecule has 1 saturated heterocycles. The van der Waals surface area contributed by atoms with Gasteiger partial charge in [0.25, 0.3) is 5.91 Å². The Bertz CT molecular complexity index is 945. The van der Waals surface area contributed by atoms with Gasteiger partial charge in [0.15, 0.2) is 0 Å². The molecule has 2 aromatic carbocycles. The summed E-state index contributed by atoms with van der Waals surface area (Å²) >= 11 is 6.16. The number of nitrogens with zero attached hydrogens (tertiary/aromatic N) is 3. The van der Waals surface area contributed by atoms with Crippen LogP contribution in [0.25, 0.3) is 11.3 Å². The lowest BCUT2D eigenvalue weighted by Crippen LogP contribution is -2.39. The van der Waals surface area contributed by atoms with E-state index in [9.17, 15) is 4.79 Å². The zero-order valence-corrected chi connectivity index (χ0v) is 15.6. The molecule has 4 rings (SSSR count). The average molecular weight is 378 g/mol. The maximum absolute atomic E-state index is 12.8. The molecule has 0 bridgehead atoms. The van der Waals surface area contributed by atoms with E-state index in [2.05, 4.69) is 9.97 Å². The normalized spacial score (nSPS) is 16.9. The van der Waals surface area contributed by atoms with Crippen molar-refractivity contribution in [3.8, 4) is 11.3 Å². The van der Waals surface area contributed by atoms with Crippen molar-refractivity contribution in [2.24, 2.45) is 0 Å². The Morgan fingerprint density at radius 2 is 1.85 bits per heavy atom. The molecule has 1 aliphatic heterocycles. The molecule has 0 spiro atoms. The quantitative estimate of drug-likeness (QED) is 0.657. The van der Waals surface area contributed by atoms with Gasteiger partial charge >= 0.3 is 0 Å². The molecular weight excluding hydrogens is 358 g/mol. The molecule has 1 unspecified atom stereocenters. The van der Waals surface area contributed by atoms with Crippen LogP contribution in [0.5, 0.6) is 0 Å². The minimum absolute atomic E-state index is 0.0773. The summed E-state index contributed by atoms with van der Waals surface area (Å²) < 4.78 is 0. The minimum atomic E-state index is 0.0773. The smallest absolute Gasteiger partial charge is 0.253 e. The molecule has 1 aromatic heterocycles. The Labute approximate surface area is 163 Å². The summed E-state index contributed by atoms with van der Waals surface area (Å²) in [6.07, 6.45) is 5.37. The number of likely N-dealkylation sites (tertiary alicyclic amines) is 1. The number of amides is 1. The zero-order chi connectivity index (χ0) is 18.6. The van der Waals surface area contributed by atoms with E-state index in [0.717, 1.165) is 41.9 Å². The van der Waals surface area contributed by atoms with E-state index < -0.39 is 0 Å². The summed E-state index contributed by atoms with van der Waals surface area (Å²) in [7, 11) is 0. The second-order valence-electron chi connectivity index (χ2n) is 6.76. The maximum atomic E-state index is 12.8. The van der Waals surface area contributed by atoms with Crippen molar-refractivity contribution in [2.75, 3.05) is 13.1 Å². The second-order valence-corrected chi connectivity index (χ2v) is 7.19. The lowest BCUT2D eigenvalue weighted by Gasteiger charge is -2.33. The molecule has 5 heteroatoms. The Morgan fingerprint density at radius 1 is 1.04 bits per heavy atom. The minimum Gasteiger partial charge on any atom is -0.338 e. The lowest BCUT2D eigenvalue weighted by atomic mass is 9.91. The Morgan fingerprint density at radius 3 is 2.67 bits per heavy atom. The molecule has 27 heavy (non-hydrogen) atoms. The van der Waals surface area contributed by atoms with Crippen LogP contribution in [0.1, 0.15) is 34.8 Å². The number of rotatable bonds is 3. The van der Waals surface area contributed by atoms with Crippen molar-refractivity contribution in [3.05, 3.63) is 83.3 Å². The summed E-state index contributed by atoms with van der Waals surface area (Å²) in [6.45, 7) is 1.43. The number of halogens is 1. The van der Waals surface area contributed by atoms with Crippen molar-refractivity contribution < 1.29 is 4.79 Å². The van der Waals surface area contributed by atoms with Gasteiger partial charge < -0.3 is 4.90 Å². The van der Waals surface area contributed by atoms with Gasteiger partial charge in [-0.3, -0.25) is 14.8 Å². The largest absolute Gasteiger partial charge is 0.338 e. The van der Waals surface area contributed by atoms with Crippen molar-refractivity contribution in [1.82, 2.24) is 14.9 Å². The number of hydrogen-bond donors (Lipinski definition) is 0. The predicted octanol–water partition coefficient (Wildman–Crippen LogP) is 4.82. The predicted molar refractivity (Wildman–Crippen MR) is 107 cm³/mol. The van der Waals surface area contributed by atoms with Crippen LogP contribution < -0.4 is 0 Å². The summed E-state index contributed by atoms with van der Waals surface area (Å²) in [6, 6.07) is 17.1. The van der Waals surface area contributed by atoms with E-state index in [-0.39, 0.29) is 11.8 Å².